The summed E-state index contributed by atoms with van der Waals surface area (Å²) in [6.45, 7) is 4.85. The lowest BCUT2D eigenvalue weighted by molar-refractivity contribution is -0.0152. The second-order valence-corrected chi connectivity index (χ2v) is 8.79. The number of nitrogens with zero attached hydrogens (tertiary/aromatic N) is 1. The highest BCUT2D eigenvalue weighted by molar-refractivity contribution is 5.37. The topological polar surface area (TPSA) is 32.7 Å². The van der Waals surface area contributed by atoms with Crippen LogP contribution in [0.2, 0.25) is 0 Å². The molecule has 0 aliphatic carbocycles. The van der Waals surface area contributed by atoms with Crippen LogP contribution in [0, 0.1) is 11.7 Å². The van der Waals surface area contributed by atoms with Crippen LogP contribution in [-0.2, 0) is 5.60 Å². The fraction of sp³-hybridized carbons (Fsp3) is 0.357. The van der Waals surface area contributed by atoms with E-state index >= 15 is 0 Å². The lowest BCUT2D eigenvalue weighted by atomic mass is 9.72. The minimum Gasteiger partial charge on any atom is -0.491 e. The Morgan fingerprint density at radius 3 is 2.09 bits per heavy atom. The molecular weight excluding hydrogens is 401 g/mol. The van der Waals surface area contributed by atoms with Gasteiger partial charge in [0.2, 0.25) is 0 Å². The van der Waals surface area contributed by atoms with Crippen molar-refractivity contribution in [3.05, 3.63) is 102 Å². The zero-order valence-electron chi connectivity index (χ0n) is 18.7. The number of hydrogen-bond donors (Lipinski definition) is 1. The molecule has 1 fully saturated rings. The molecule has 0 bridgehead atoms. The van der Waals surface area contributed by atoms with Crippen molar-refractivity contribution in [1.82, 2.24) is 4.90 Å². The summed E-state index contributed by atoms with van der Waals surface area (Å²) < 4.78 is 19.2. The molecule has 0 spiro atoms. The zero-order valence-corrected chi connectivity index (χ0v) is 18.7. The quantitative estimate of drug-likeness (QED) is 0.500. The van der Waals surface area contributed by atoms with E-state index in [-0.39, 0.29) is 17.8 Å². The Bertz CT molecular complexity index is 931. The van der Waals surface area contributed by atoms with Gasteiger partial charge in [0, 0.05) is 12.6 Å². The summed E-state index contributed by atoms with van der Waals surface area (Å²) in [5.41, 5.74) is 0.936. The van der Waals surface area contributed by atoms with Gasteiger partial charge < -0.3 is 14.7 Å². The van der Waals surface area contributed by atoms with E-state index in [4.69, 9.17) is 4.74 Å². The fourth-order valence-electron chi connectivity index (χ4n) is 4.79. The third kappa shape index (κ3) is 5.20. The van der Waals surface area contributed by atoms with Crippen molar-refractivity contribution in [2.24, 2.45) is 5.92 Å². The Labute approximate surface area is 190 Å². The highest BCUT2D eigenvalue weighted by Crippen LogP contribution is 2.41. The molecule has 32 heavy (non-hydrogen) atoms. The Hall–Kier alpha value is -2.69. The summed E-state index contributed by atoms with van der Waals surface area (Å²) in [6.07, 6.45) is 2.75. The highest BCUT2D eigenvalue weighted by Gasteiger charge is 2.41. The molecule has 3 aromatic rings. The predicted molar refractivity (Wildman–Crippen MR) is 126 cm³/mol. The van der Waals surface area contributed by atoms with Gasteiger partial charge in [-0.05, 0) is 68.5 Å². The van der Waals surface area contributed by atoms with Crippen LogP contribution in [0.5, 0.6) is 5.75 Å². The summed E-state index contributed by atoms with van der Waals surface area (Å²) in [5.74, 6) is 0.456. The molecule has 168 valence electrons. The van der Waals surface area contributed by atoms with E-state index < -0.39 is 5.60 Å². The van der Waals surface area contributed by atoms with Gasteiger partial charge in [-0.2, -0.15) is 0 Å². The summed E-state index contributed by atoms with van der Waals surface area (Å²) in [6, 6.07) is 26.4. The van der Waals surface area contributed by atoms with E-state index in [0.29, 0.717) is 5.75 Å². The Balaban J connectivity index is 1.36. The number of halogens is 1. The Morgan fingerprint density at radius 1 is 0.938 bits per heavy atom. The molecule has 0 aromatic heterocycles. The third-order valence-corrected chi connectivity index (χ3v) is 6.59. The Morgan fingerprint density at radius 2 is 1.53 bits per heavy atom. The maximum absolute atomic E-state index is 13.4. The number of aliphatic hydroxyl groups is 1. The van der Waals surface area contributed by atoms with Crippen LogP contribution < -0.4 is 4.74 Å². The van der Waals surface area contributed by atoms with E-state index in [1.54, 1.807) is 12.1 Å². The van der Waals surface area contributed by atoms with Gasteiger partial charge in [0.15, 0.2) is 0 Å². The third-order valence-electron chi connectivity index (χ3n) is 6.59. The molecule has 3 aromatic carbocycles. The van der Waals surface area contributed by atoms with Gasteiger partial charge in [-0.25, -0.2) is 4.39 Å². The molecule has 1 saturated heterocycles. The van der Waals surface area contributed by atoms with Gasteiger partial charge in [0.05, 0.1) is 6.10 Å². The van der Waals surface area contributed by atoms with E-state index in [0.717, 1.165) is 50.0 Å². The standard InChI is InChI=1S/C28H32FNO2/c1-22(32-27-14-8-13-26(29)21-27)15-18-30-19-16-25(17-20-30)28(31,23-9-4-2-5-10-23)24-11-6-3-7-12-24/h2-14,21-22,25,31H,15-20H2,1H3. The van der Waals surface area contributed by atoms with Crippen LogP contribution in [0.25, 0.3) is 0 Å². The first-order valence-corrected chi connectivity index (χ1v) is 11.5. The average Bonchev–Trinajstić information content (AvgIpc) is 2.84. The van der Waals surface area contributed by atoms with Crippen molar-refractivity contribution in [3.8, 4) is 5.75 Å². The van der Waals surface area contributed by atoms with Gasteiger partial charge >= 0.3 is 0 Å². The van der Waals surface area contributed by atoms with Crippen LogP contribution in [0.1, 0.15) is 37.3 Å². The minimum absolute atomic E-state index is 0.0140. The average molecular weight is 434 g/mol. The lowest BCUT2D eigenvalue weighted by Gasteiger charge is -2.42. The van der Waals surface area contributed by atoms with Crippen molar-refractivity contribution in [1.29, 1.82) is 0 Å². The molecule has 0 saturated carbocycles. The molecule has 1 N–H and O–H groups in total. The molecule has 3 nitrogen and oxygen atoms in total. The van der Waals surface area contributed by atoms with Crippen LogP contribution in [-0.4, -0.2) is 35.7 Å². The van der Waals surface area contributed by atoms with Gasteiger partial charge in [0.25, 0.3) is 0 Å². The molecule has 4 heteroatoms. The predicted octanol–water partition coefficient (Wildman–Crippen LogP) is 5.63. The molecular formula is C28H32FNO2. The maximum Gasteiger partial charge on any atom is 0.126 e. The molecule has 1 unspecified atom stereocenters. The number of likely N-dealkylation sites (tertiary alicyclic amines) is 1. The largest absolute Gasteiger partial charge is 0.491 e. The van der Waals surface area contributed by atoms with Crippen molar-refractivity contribution in [3.63, 3.8) is 0 Å². The molecule has 1 atom stereocenters. The second-order valence-electron chi connectivity index (χ2n) is 8.79. The van der Waals surface area contributed by atoms with Gasteiger partial charge in [0.1, 0.15) is 17.2 Å². The molecule has 1 aliphatic rings. The summed E-state index contributed by atoms with van der Waals surface area (Å²) >= 11 is 0. The van der Waals surface area contributed by atoms with Crippen LogP contribution in [0.3, 0.4) is 0 Å². The molecule has 0 radical (unpaired) electrons. The highest BCUT2D eigenvalue weighted by atomic mass is 19.1. The first-order chi connectivity index (χ1) is 15.6. The van der Waals surface area contributed by atoms with Crippen molar-refractivity contribution >= 4 is 0 Å². The normalized spacial score (nSPS) is 16.6. The number of piperidine rings is 1. The number of ether oxygens (including phenoxy) is 1. The van der Waals surface area contributed by atoms with E-state index in [9.17, 15) is 9.50 Å². The summed E-state index contributed by atoms with van der Waals surface area (Å²) in [5, 5.41) is 12.0. The van der Waals surface area contributed by atoms with Gasteiger partial charge in [-0.15, -0.1) is 0 Å². The number of benzene rings is 3. The van der Waals surface area contributed by atoms with Crippen LogP contribution >= 0.6 is 0 Å². The SMILES string of the molecule is CC(CCN1CCC(C(O)(c2ccccc2)c2ccccc2)CC1)Oc1cccc(F)c1. The number of hydrogen-bond acceptors (Lipinski definition) is 3. The Kier molecular flexibility index (Phi) is 7.23. The van der Waals surface area contributed by atoms with E-state index in [1.807, 2.05) is 67.6 Å². The van der Waals surface area contributed by atoms with Gasteiger partial charge in [-0.1, -0.05) is 66.7 Å². The van der Waals surface area contributed by atoms with E-state index in [2.05, 4.69) is 4.90 Å². The fourth-order valence-corrected chi connectivity index (χ4v) is 4.79. The smallest absolute Gasteiger partial charge is 0.126 e. The lowest BCUT2D eigenvalue weighted by Crippen LogP contribution is -2.44. The minimum atomic E-state index is -0.984. The molecule has 4 rings (SSSR count). The van der Waals surface area contributed by atoms with Crippen molar-refractivity contribution < 1.29 is 14.2 Å². The van der Waals surface area contributed by atoms with Gasteiger partial charge in [-0.3, -0.25) is 0 Å². The van der Waals surface area contributed by atoms with Crippen molar-refractivity contribution in [2.45, 2.75) is 37.9 Å². The summed E-state index contributed by atoms with van der Waals surface area (Å²) in [7, 11) is 0. The first-order valence-electron chi connectivity index (χ1n) is 11.5. The second kappa shape index (κ2) is 10.3. The maximum atomic E-state index is 13.4. The monoisotopic (exact) mass is 433 g/mol. The summed E-state index contributed by atoms with van der Waals surface area (Å²) in [4.78, 5) is 2.44. The first kappa shape index (κ1) is 22.5. The molecule has 0 amide bonds. The molecule has 1 heterocycles. The zero-order chi connectivity index (χ0) is 22.4. The van der Waals surface area contributed by atoms with E-state index in [1.165, 1.54) is 12.1 Å². The number of rotatable bonds is 8. The van der Waals surface area contributed by atoms with Crippen molar-refractivity contribution in [2.75, 3.05) is 19.6 Å². The molecule has 1 aliphatic heterocycles. The van der Waals surface area contributed by atoms with Crippen LogP contribution in [0.15, 0.2) is 84.9 Å². The van der Waals surface area contributed by atoms with Crippen LogP contribution in [0.4, 0.5) is 4.39 Å².